The lowest BCUT2D eigenvalue weighted by Gasteiger charge is -2.23. The molecule has 1 fully saturated rings. The second kappa shape index (κ2) is 6.75. The molecule has 1 heterocycles. The highest BCUT2D eigenvalue weighted by Gasteiger charge is 2.24. The van der Waals surface area contributed by atoms with E-state index in [2.05, 4.69) is 18.7 Å². The standard InChI is InChI=1S/C16H25N3O/c1-3-10-18(4-2)15-7-5-13(6-8-15)16(20)19-11-9-14(17)12-19/h5-8,14H,3-4,9-12,17H2,1-2H3/t14-/m1/s1. The Morgan fingerprint density at radius 3 is 2.55 bits per heavy atom. The van der Waals surface area contributed by atoms with Crippen molar-refractivity contribution in [2.24, 2.45) is 5.73 Å². The van der Waals surface area contributed by atoms with E-state index in [0.717, 1.165) is 38.0 Å². The fourth-order valence-electron chi connectivity index (χ4n) is 2.71. The molecular formula is C16H25N3O. The third kappa shape index (κ3) is 3.31. The van der Waals surface area contributed by atoms with Crippen LogP contribution in [0.15, 0.2) is 24.3 Å². The van der Waals surface area contributed by atoms with Gasteiger partial charge in [0.2, 0.25) is 0 Å². The molecule has 0 bridgehead atoms. The van der Waals surface area contributed by atoms with Crippen molar-refractivity contribution in [2.75, 3.05) is 31.1 Å². The predicted molar refractivity (Wildman–Crippen MR) is 83.1 cm³/mol. The molecule has 4 nitrogen and oxygen atoms in total. The zero-order valence-corrected chi connectivity index (χ0v) is 12.5. The highest BCUT2D eigenvalue weighted by molar-refractivity contribution is 5.94. The van der Waals surface area contributed by atoms with E-state index >= 15 is 0 Å². The first-order chi connectivity index (χ1) is 9.65. The minimum absolute atomic E-state index is 0.100. The molecule has 0 aromatic heterocycles. The first-order valence-electron chi connectivity index (χ1n) is 7.55. The molecule has 0 aliphatic carbocycles. The lowest BCUT2D eigenvalue weighted by Crippen LogP contribution is -2.31. The fourth-order valence-corrected chi connectivity index (χ4v) is 2.71. The predicted octanol–water partition coefficient (Wildman–Crippen LogP) is 2.10. The van der Waals surface area contributed by atoms with Gasteiger partial charge in [-0.05, 0) is 44.0 Å². The average Bonchev–Trinajstić information content (AvgIpc) is 2.91. The topological polar surface area (TPSA) is 49.6 Å². The van der Waals surface area contributed by atoms with Gasteiger partial charge in [0.05, 0.1) is 0 Å². The normalized spacial score (nSPS) is 18.4. The minimum Gasteiger partial charge on any atom is -0.372 e. The Bertz CT molecular complexity index is 444. The second-order valence-electron chi connectivity index (χ2n) is 5.43. The summed E-state index contributed by atoms with van der Waals surface area (Å²) in [5, 5.41) is 0. The molecule has 1 aromatic rings. The second-order valence-corrected chi connectivity index (χ2v) is 5.43. The summed E-state index contributed by atoms with van der Waals surface area (Å²) < 4.78 is 0. The molecule has 1 aliphatic heterocycles. The maximum Gasteiger partial charge on any atom is 0.253 e. The summed E-state index contributed by atoms with van der Waals surface area (Å²) in [5.41, 5.74) is 7.80. The molecule has 1 aliphatic rings. The van der Waals surface area contributed by atoms with E-state index in [1.165, 1.54) is 5.69 Å². The average molecular weight is 275 g/mol. The zero-order valence-electron chi connectivity index (χ0n) is 12.5. The molecular weight excluding hydrogens is 250 g/mol. The Balaban J connectivity index is 2.05. The summed E-state index contributed by atoms with van der Waals surface area (Å²) in [5.74, 6) is 0.100. The number of nitrogens with zero attached hydrogens (tertiary/aromatic N) is 2. The van der Waals surface area contributed by atoms with E-state index in [1.54, 1.807) is 0 Å². The van der Waals surface area contributed by atoms with E-state index in [-0.39, 0.29) is 11.9 Å². The summed E-state index contributed by atoms with van der Waals surface area (Å²) >= 11 is 0. The van der Waals surface area contributed by atoms with Gasteiger partial charge in [-0.25, -0.2) is 0 Å². The summed E-state index contributed by atoms with van der Waals surface area (Å²) in [6, 6.07) is 8.09. The zero-order chi connectivity index (χ0) is 14.5. The molecule has 1 amide bonds. The summed E-state index contributed by atoms with van der Waals surface area (Å²) in [4.78, 5) is 16.5. The number of carbonyl (C=O) groups excluding carboxylic acids is 1. The van der Waals surface area contributed by atoms with E-state index in [4.69, 9.17) is 5.73 Å². The SMILES string of the molecule is CCCN(CC)c1ccc(C(=O)N2CC[C@@H](N)C2)cc1. The van der Waals surface area contributed by atoms with Crippen LogP contribution in [0.4, 0.5) is 5.69 Å². The maximum absolute atomic E-state index is 12.3. The van der Waals surface area contributed by atoms with Crippen molar-refractivity contribution in [2.45, 2.75) is 32.7 Å². The number of rotatable bonds is 5. The monoisotopic (exact) mass is 275 g/mol. The molecule has 4 heteroatoms. The number of benzene rings is 1. The lowest BCUT2D eigenvalue weighted by molar-refractivity contribution is 0.0791. The first-order valence-corrected chi connectivity index (χ1v) is 7.55. The molecule has 0 saturated carbocycles. The number of carbonyl (C=O) groups is 1. The van der Waals surface area contributed by atoms with Gasteiger partial charge in [0.1, 0.15) is 0 Å². The number of likely N-dealkylation sites (tertiary alicyclic amines) is 1. The van der Waals surface area contributed by atoms with Gasteiger partial charge in [-0.15, -0.1) is 0 Å². The van der Waals surface area contributed by atoms with Crippen molar-refractivity contribution in [3.05, 3.63) is 29.8 Å². The Hall–Kier alpha value is -1.55. The van der Waals surface area contributed by atoms with Gasteiger partial charge in [0.15, 0.2) is 0 Å². The van der Waals surface area contributed by atoms with Gasteiger partial charge >= 0.3 is 0 Å². The van der Waals surface area contributed by atoms with E-state index in [9.17, 15) is 4.79 Å². The van der Waals surface area contributed by atoms with Crippen LogP contribution in [0.5, 0.6) is 0 Å². The molecule has 0 spiro atoms. The van der Waals surface area contributed by atoms with Gasteiger partial charge in [0, 0.05) is 43.5 Å². The quantitative estimate of drug-likeness (QED) is 0.895. The molecule has 110 valence electrons. The molecule has 1 saturated heterocycles. The van der Waals surface area contributed by atoms with Gasteiger partial charge in [-0.2, -0.15) is 0 Å². The molecule has 1 atom stereocenters. The third-order valence-corrected chi connectivity index (χ3v) is 3.87. The molecule has 2 N–H and O–H groups in total. The number of amides is 1. The van der Waals surface area contributed by atoms with Crippen molar-refractivity contribution in [3.63, 3.8) is 0 Å². The van der Waals surface area contributed by atoms with Crippen molar-refractivity contribution >= 4 is 11.6 Å². The maximum atomic E-state index is 12.3. The van der Waals surface area contributed by atoms with Crippen molar-refractivity contribution < 1.29 is 4.79 Å². The molecule has 0 unspecified atom stereocenters. The van der Waals surface area contributed by atoms with Crippen LogP contribution in [0.2, 0.25) is 0 Å². The van der Waals surface area contributed by atoms with Crippen LogP contribution in [0, 0.1) is 0 Å². The third-order valence-electron chi connectivity index (χ3n) is 3.87. The van der Waals surface area contributed by atoms with Gasteiger partial charge in [0.25, 0.3) is 5.91 Å². The van der Waals surface area contributed by atoms with Crippen LogP contribution in [-0.4, -0.2) is 43.0 Å². The summed E-state index contributed by atoms with van der Waals surface area (Å²) in [6.07, 6.45) is 2.03. The molecule has 20 heavy (non-hydrogen) atoms. The smallest absolute Gasteiger partial charge is 0.253 e. The van der Waals surface area contributed by atoms with Crippen LogP contribution in [0.1, 0.15) is 37.0 Å². The molecule has 1 aromatic carbocycles. The first kappa shape index (κ1) is 14.9. The van der Waals surface area contributed by atoms with E-state index < -0.39 is 0 Å². The van der Waals surface area contributed by atoms with Crippen LogP contribution >= 0.6 is 0 Å². The Morgan fingerprint density at radius 2 is 2.05 bits per heavy atom. The van der Waals surface area contributed by atoms with Gasteiger partial charge in [-0.3, -0.25) is 4.79 Å². The van der Waals surface area contributed by atoms with E-state index in [0.29, 0.717) is 6.54 Å². The highest BCUT2D eigenvalue weighted by Crippen LogP contribution is 2.18. The van der Waals surface area contributed by atoms with Crippen molar-refractivity contribution in [1.29, 1.82) is 0 Å². The fraction of sp³-hybridized carbons (Fsp3) is 0.562. The Labute approximate surface area is 121 Å². The van der Waals surface area contributed by atoms with Crippen molar-refractivity contribution in [1.82, 2.24) is 4.90 Å². The van der Waals surface area contributed by atoms with Crippen LogP contribution < -0.4 is 10.6 Å². The summed E-state index contributed by atoms with van der Waals surface area (Å²) in [6.45, 7) is 7.82. The van der Waals surface area contributed by atoms with Gasteiger partial charge < -0.3 is 15.5 Å². The summed E-state index contributed by atoms with van der Waals surface area (Å²) in [7, 11) is 0. The Kier molecular flexibility index (Phi) is 5.01. The number of hydrogen-bond acceptors (Lipinski definition) is 3. The molecule has 0 radical (unpaired) electrons. The van der Waals surface area contributed by atoms with Crippen LogP contribution in [-0.2, 0) is 0 Å². The lowest BCUT2D eigenvalue weighted by atomic mass is 10.1. The molecule has 2 rings (SSSR count). The largest absolute Gasteiger partial charge is 0.372 e. The number of anilines is 1. The minimum atomic E-state index is 0.100. The van der Waals surface area contributed by atoms with E-state index in [1.807, 2.05) is 29.2 Å². The number of nitrogens with two attached hydrogens (primary N) is 1. The van der Waals surface area contributed by atoms with Crippen molar-refractivity contribution in [3.8, 4) is 0 Å². The Morgan fingerprint density at radius 1 is 1.35 bits per heavy atom. The van der Waals surface area contributed by atoms with Gasteiger partial charge in [-0.1, -0.05) is 6.92 Å². The van der Waals surface area contributed by atoms with Crippen LogP contribution in [0.25, 0.3) is 0 Å². The van der Waals surface area contributed by atoms with Crippen LogP contribution in [0.3, 0.4) is 0 Å². The highest BCUT2D eigenvalue weighted by atomic mass is 16.2. The number of hydrogen-bond donors (Lipinski definition) is 1.